The normalized spacial score (nSPS) is 18.1. The maximum atomic E-state index is 3.45. The first-order chi connectivity index (χ1) is 9.13. The summed E-state index contributed by atoms with van der Waals surface area (Å²) in [6.07, 6.45) is 0. The van der Waals surface area contributed by atoms with Crippen LogP contribution in [0.25, 0.3) is 0 Å². The van der Waals surface area contributed by atoms with E-state index in [9.17, 15) is 0 Å². The third-order valence-electron chi connectivity index (χ3n) is 3.74. The van der Waals surface area contributed by atoms with Gasteiger partial charge < -0.3 is 10.2 Å². The quantitative estimate of drug-likeness (QED) is 0.874. The van der Waals surface area contributed by atoms with E-state index < -0.39 is 0 Å². The molecule has 0 amide bonds. The van der Waals surface area contributed by atoms with Crippen LogP contribution >= 0.6 is 0 Å². The highest BCUT2D eigenvalue weighted by atomic mass is 15.2. The van der Waals surface area contributed by atoms with E-state index in [-0.39, 0.29) is 0 Å². The van der Waals surface area contributed by atoms with Crippen LogP contribution in [0.2, 0.25) is 0 Å². The van der Waals surface area contributed by atoms with Crippen LogP contribution in [0, 0.1) is 0 Å². The van der Waals surface area contributed by atoms with Crippen molar-refractivity contribution in [1.29, 1.82) is 0 Å². The van der Waals surface area contributed by atoms with E-state index >= 15 is 0 Å². The van der Waals surface area contributed by atoms with Crippen LogP contribution in [0.1, 0.15) is 25.0 Å². The van der Waals surface area contributed by atoms with Gasteiger partial charge in [-0.15, -0.1) is 0 Å². The van der Waals surface area contributed by atoms with Gasteiger partial charge in [-0.05, 0) is 18.2 Å². The highest BCUT2D eigenvalue weighted by Crippen LogP contribution is 2.09. The molecule has 0 atom stereocenters. The van der Waals surface area contributed by atoms with Crippen LogP contribution in [0.3, 0.4) is 0 Å². The zero-order valence-electron chi connectivity index (χ0n) is 12.5. The first-order valence-electron chi connectivity index (χ1n) is 7.35. The molecule has 0 radical (unpaired) electrons. The summed E-state index contributed by atoms with van der Waals surface area (Å²) in [6.45, 7) is 11.2. The highest BCUT2D eigenvalue weighted by molar-refractivity contribution is 5.22. The van der Waals surface area contributed by atoms with Crippen molar-refractivity contribution in [3.63, 3.8) is 0 Å². The Kier molecular flexibility index (Phi) is 5.37. The van der Waals surface area contributed by atoms with Crippen molar-refractivity contribution < 1.29 is 0 Å². The van der Waals surface area contributed by atoms with Gasteiger partial charge in [-0.2, -0.15) is 0 Å². The number of piperazine rings is 1. The van der Waals surface area contributed by atoms with E-state index in [0.717, 1.165) is 13.1 Å². The van der Waals surface area contributed by atoms with Crippen LogP contribution < -0.4 is 5.32 Å². The summed E-state index contributed by atoms with van der Waals surface area (Å²) in [6, 6.07) is 9.59. The predicted molar refractivity (Wildman–Crippen MR) is 81.2 cm³/mol. The second-order valence-corrected chi connectivity index (χ2v) is 5.93. The minimum absolute atomic E-state index is 0.546. The largest absolute Gasteiger partial charge is 0.310 e. The topological polar surface area (TPSA) is 18.5 Å². The molecular weight excluding hydrogens is 234 g/mol. The molecule has 1 aromatic rings. The average molecular weight is 261 g/mol. The molecule has 1 aliphatic heterocycles. The van der Waals surface area contributed by atoms with E-state index in [4.69, 9.17) is 0 Å². The van der Waals surface area contributed by atoms with E-state index in [1.54, 1.807) is 0 Å². The minimum atomic E-state index is 0.546. The Morgan fingerprint density at radius 3 is 2.16 bits per heavy atom. The molecule has 2 rings (SSSR count). The van der Waals surface area contributed by atoms with Gasteiger partial charge in [0, 0.05) is 45.3 Å². The predicted octanol–water partition coefficient (Wildman–Crippen LogP) is 1.93. The molecule has 1 aromatic carbocycles. The molecule has 0 saturated carbocycles. The lowest BCUT2D eigenvalue weighted by Crippen LogP contribution is -2.43. The van der Waals surface area contributed by atoms with Gasteiger partial charge in [-0.3, -0.25) is 4.90 Å². The van der Waals surface area contributed by atoms with Crippen LogP contribution in [-0.2, 0) is 13.1 Å². The van der Waals surface area contributed by atoms with Crippen molar-refractivity contribution in [3.8, 4) is 0 Å². The second-order valence-electron chi connectivity index (χ2n) is 5.93. The van der Waals surface area contributed by atoms with Crippen molar-refractivity contribution in [1.82, 2.24) is 15.1 Å². The lowest BCUT2D eigenvalue weighted by Gasteiger charge is -2.32. The molecule has 1 saturated heterocycles. The number of rotatable bonds is 5. The zero-order valence-corrected chi connectivity index (χ0v) is 12.5. The number of hydrogen-bond acceptors (Lipinski definition) is 3. The van der Waals surface area contributed by atoms with Gasteiger partial charge in [0.05, 0.1) is 0 Å². The molecule has 1 N–H and O–H groups in total. The lowest BCUT2D eigenvalue weighted by molar-refractivity contribution is 0.148. The molecule has 1 fully saturated rings. The average Bonchev–Trinajstić information content (AvgIpc) is 2.40. The van der Waals surface area contributed by atoms with Crippen molar-refractivity contribution in [3.05, 3.63) is 35.4 Å². The first kappa shape index (κ1) is 14.5. The van der Waals surface area contributed by atoms with E-state index in [0.29, 0.717) is 6.04 Å². The monoisotopic (exact) mass is 261 g/mol. The fraction of sp³-hybridized carbons (Fsp3) is 0.625. The molecular formula is C16H27N3. The van der Waals surface area contributed by atoms with Gasteiger partial charge in [0.25, 0.3) is 0 Å². The maximum absolute atomic E-state index is 3.45. The van der Waals surface area contributed by atoms with Crippen LogP contribution in [0.15, 0.2) is 24.3 Å². The minimum Gasteiger partial charge on any atom is -0.310 e. The lowest BCUT2D eigenvalue weighted by atomic mass is 10.1. The van der Waals surface area contributed by atoms with Crippen LogP contribution in [-0.4, -0.2) is 49.1 Å². The molecule has 1 heterocycles. The van der Waals surface area contributed by atoms with Crippen LogP contribution in [0.4, 0.5) is 0 Å². The van der Waals surface area contributed by atoms with Crippen molar-refractivity contribution in [2.24, 2.45) is 0 Å². The number of hydrogen-bond donors (Lipinski definition) is 1. The van der Waals surface area contributed by atoms with Gasteiger partial charge in [-0.1, -0.05) is 38.1 Å². The third kappa shape index (κ3) is 4.94. The molecule has 3 nitrogen and oxygen atoms in total. The second kappa shape index (κ2) is 7.04. The Balaban J connectivity index is 1.81. The van der Waals surface area contributed by atoms with E-state index in [1.807, 2.05) is 0 Å². The number of likely N-dealkylation sites (N-methyl/N-ethyl adjacent to an activating group) is 1. The van der Waals surface area contributed by atoms with Crippen molar-refractivity contribution >= 4 is 0 Å². The zero-order chi connectivity index (χ0) is 13.7. The number of benzene rings is 1. The molecule has 0 aliphatic carbocycles. The third-order valence-corrected chi connectivity index (χ3v) is 3.74. The molecule has 3 heteroatoms. The van der Waals surface area contributed by atoms with Gasteiger partial charge in [0.15, 0.2) is 0 Å². The summed E-state index contributed by atoms with van der Waals surface area (Å²) in [4.78, 5) is 4.94. The maximum Gasteiger partial charge on any atom is 0.0234 e. The smallest absolute Gasteiger partial charge is 0.0234 e. The van der Waals surface area contributed by atoms with E-state index in [2.05, 4.69) is 60.3 Å². The highest BCUT2D eigenvalue weighted by Gasteiger charge is 2.13. The van der Waals surface area contributed by atoms with Crippen LogP contribution in [0.5, 0.6) is 0 Å². The Hall–Kier alpha value is -0.900. The van der Waals surface area contributed by atoms with Gasteiger partial charge in [0.1, 0.15) is 0 Å². The van der Waals surface area contributed by atoms with Gasteiger partial charge in [0.2, 0.25) is 0 Å². The summed E-state index contributed by atoms with van der Waals surface area (Å²) in [7, 11) is 2.20. The molecule has 106 valence electrons. The Labute approximate surface area is 117 Å². The van der Waals surface area contributed by atoms with Gasteiger partial charge in [-0.25, -0.2) is 0 Å². The molecule has 0 unspecified atom stereocenters. The molecule has 0 spiro atoms. The molecule has 19 heavy (non-hydrogen) atoms. The van der Waals surface area contributed by atoms with Gasteiger partial charge >= 0.3 is 0 Å². The summed E-state index contributed by atoms with van der Waals surface area (Å²) >= 11 is 0. The summed E-state index contributed by atoms with van der Waals surface area (Å²) < 4.78 is 0. The summed E-state index contributed by atoms with van der Waals surface area (Å²) in [5.41, 5.74) is 2.80. The SMILES string of the molecule is CC(C)NCc1ccc(CN2CCN(C)CC2)cc1. The molecule has 0 aromatic heterocycles. The summed E-state index contributed by atoms with van der Waals surface area (Å²) in [5, 5.41) is 3.45. The Morgan fingerprint density at radius 1 is 1.00 bits per heavy atom. The Bertz CT molecular complexity index is 364. The first-order valence-corrected chi connectivity index (χ1v) is 7.35. The molecule has 0 bridgehead atoms. The van der Waals surface area contributed by atoms with Crippen molar-refractivity contribution in [2.75, 3.05) is 33.2 Å². The fourth-order valence-electron chi connectivity index (χ4n) is 2.35. The number of nitrogens with zero attached hydrogens (tertiary/aromatic N) is 2. The van der Waals surface area contributed by atoms with E-state index in [1.165, 1.54) is 37.3 Å². The number of nitrogens with one attached hydrogen (secondary N) is 1. The standard InChI is InChI=1S/C16H27N3/c1-14(2)17-12-15-4-6-16(7-5-15)13-19-10-8-18(3)9-11-19/h4-7,14,17H,8-13H2,1-3H3. The fourth-order valence-corrected chi connectivity index (χ4v) is 2.35. The van der Waals surface area contributed by atoms with Crippen molar-refractivity contribution in [2.45, 2.75) is 33.0 Å². The summed E-state index contributed by atoms with van der Waals surface area (Å²) in [5.74, 6) is 0. The molecule has 1 aliphatic rings. The Morgan fingerprint density at radius 2 is 1.58 bits per heavy atom.